The topological polar surface area (TPSA) is 70.7 Å². The van der Waals surface area contributed by atoms with E-state index in [-0.39, 0.29) is 5.91 Å². The van der Waals surface area contributed by atoms with Crippen molar-refractivity contribution in [3.05, 3.63) is 5.82 Å². The zero-order chi connectivity index (χ0) is 13.2. The summed E-state index contributed by atoms with van der Waals surface area (Å²) in [7, 11) is 0. The first-order valence-corrected chi connectivity index (χ1v) is 6.91. The number of aromatic amines is 1. The maximum atomic E-state index is 11.6. The van der Waals surface area contributed by atoms with Gasteiger partial charge in [0.25, 0.3) is 0 Å². The van der Waals surface area contributed by atoms with E-state index in [0.29, 0.717) is 18.2 Å². The molecule has 1 aromatic heterocycles. The summed E-state index contributed by atoms with van der Waals surface area (Å²) in [6, 6.07) is 0. The van der Waals surface area contributed by atoms with E-state index in [2.05, 4.69) is 27.4 Å². The Morgan fingerprint density at radius 3 is 2.44 bits per heavy atom. The minimum absolute atomic E-state index is 0.00237. The summed E-state index contributed by atoms with van der Waals surface area (Å²) in [5, 5.41) is 9.24. The van der Waals surface area contributed by atoms with Crippen molar-refractivity contribution >= 4 is 11.9 Å². The highest BCUT2D eigenvalue weighted by Crippen LogP contribution is 2.09. The highest BCUT2D eigenvalue weighted by atomic mass is 16.1. The highest BCUT2D eigenvalue weighted by Gasteiger charge is 2.05. The summed E-state index contributed by atoms with van der Waals surface area (Å²) >= 11 is 0. The quantitative estimate of drug-likeness (QED) is 0.663. The second kappa shape index (κ2) is 8.66. The van der Waals surface area contributed by atoms with Crippen molar-refractivity contribution in [3.63, 3.8) is 0 Å². The van der Waals surface area contributed by atoms with Gasteiger partial charge in [0.2, 0.25) is 11.9 Å². The predicted octanol–water partition coefficient (Wildman–Crippen LogP) is 3.19. The lowest BCUT2D eigenvalue weighted by Crippen LogP contribution is -2.12. The number of nitrogens with one attached hydrogen (secondary N) is 2. The van der Waals surface area contributed by atoms with Gasteiger partial charge in [0, 0.05) is 6.42 Å². The number of anilines is 1. The van der Waals surface area contributed by atoms with Gasteiger partial charge in [-0.3, -0.25) is 15.2 Å². The maximum absolute atomic E-state index is 11.6. The van der Waals surface area contributed by atoms with Gasteiger partial charge in [-0.25, -0.2) is 0 Å². The number of aryl methyl sites for hydroxylation is 1. The Morgan fingerprint density at radius 1 is 1.17 bits per heavy atom. The lowest BCUT2D eigenvalue weighted by molar-refractivity contribution is -0.116. The molecular weight excluding hydrogens is 228 g/mol. The molecule has 5 nitrogen and oxygen atoms in total. The molecule has 0 unspecified atom stereocenters. The molecule has 1 rings (SSSR count). The molecular formula is C13H24N4O. The standard InChI is InChI=1S/C13H24N4O/c1-3-4-5-6-7-8-9-10-12(18)15-13-14-11(2)16-17-13/h3-10H2,1-2H3,(H2,14,15,16,17,18). The lowest BCUT2D eigenvalue weighted by atomic mass is 10.1. The summed E-state index contributed by atoms with van der Waals surface area (Å²) in [5.41, 5.74) is 0. The third kappa shape index (κ3) is 6.37. The number of hydrogen-bond donors (Lipinski definition) is 2. The third-order valence-corrected chi connectivity index (χ3v) is 2.86. The molecule has 0 aromatic carbocycles. The molecule has 18 heavy (non-hydrogen) atoms. The Labute approximate surface area is 109 Å². The lowest BCUT2D eigenvalue weighted by Gasteiger charge is -2.01. The molecule has 0 aliphatic heterocycles. The SMILES string of the molecule is CCCCCCCCCC(=O)Nc1n[nH]c(C)n1. The Hall–Kier alpha value is -1.39. The zero-order valence-corrected chi connectivity index (χ0v) is 11.5. The third-order valence-electron chi connectivity index (χ3n) is 2.86. The number of carbonyl (C=O) groups is 1. The Balaban J connectivity index is 2.00. The van der Waals surface area contributed by atoms with E-state index >= 15 is 0 Å². The molecule has 0 aliphatic carbocycles. The van der Waals surface area contributed by atoms with Crippen LogP contribution in [0.5, 0.6) is 0 Å². The van der Waals surface area contributed by atoms with Crippen LogP contribution in [-0.2, 0) is 4.79 Å². The van der Waals surface area contributed by atoms with Crippen molar-refractivity contribution in [2.24, 2.45) is 0 Å². The Morgan fingerprint density at radius 2 is 1.83 bits per heavy atom. The molecule has 0 saturated heterocycles. The fourth-order valence-electron chi connectivity index (χ4n) is 1.83. The van der Waals surface area contributed by atoms with Crippen LogP contribution in [0.4, 0.5) is 5.95 Å². The molecule has 1 heterocycles. The van der Waals surface area contributed by atoms with Gasteiger partial charge in [-0.15, -0.1) is 5.10 Å². The summed E-state index contributed by atoms with van der Waals surface area (Å²) in [6.07, 6.45) is 9.07. The molecule has 1 amide bonds. The largest absolute Gasteiger partial charge is 0.293 e. The van der Waals surface area contributed by atoms with Gasteiger partial charge in [-0.2, -0.15) is 4.98 Å². The molecule has 5 heteroatoms. The summed E-state index contributed by atoms with van der Waals surface area (Å²) in [5.74, 6) is 1.09. The molecule has 0 bridgehead atoms. The first-order valence-electron chi connectivity index (χ1n) is 6.91. The zero-order valence-electron chi connectivity index (χ0n) is 11.5. The van der Waals surface area contributed by atoms with Gasteiger partial charge in [-0.1, -0.05) is 45.4 Å². The van der Waals surface area contributed by atoms with E-state index in [1.165, 1.54) is 32.1 Å². The van der Waals surface area contributed by atoms with Gasteiger partial charge in [0.15, 0.2) is 0 Å². The van der Waals surface area contributed by atoms with Crippen molar-refractivity contribution in [1.82, 2.24) is 15.2 Å². The fourth-order valence-corrected chi connectivity index (χ4v) is 1.83. The summed E-state index contributed by atoms with van der Waals surface area (Å²) < 4.78 is 0. The number of H-pyrrole nitrogens is 1. The van der Waals surface area contributed by atoms with E-state index < -0.39 is 0 Å². The van der Waals surface area contributed by atoms with E-state index in [0.717, 1.165) is 12.8 Å². The minimum Gasteiger partial charge on any atom is -0.293 e. The van der Waals surface area contributed by atoms with Gasteiger partial charge in [0.1, 0.15) is 5.82 Å². The van der Waals surface area contributed by atoms with E-state index in [4.69, 9.17) is 0 Å². The highest BCUT2D eigenvalue weighted by molar-refractivity contribution is 5.88. The molecule has 0 saturated carbocycles. The van der Waals surface area contributed by atoms with Crippen LogP contribution in [0, 0.1) is 6.92 Å². The van der Waals surface area contributed by atoms with Crippen LogP contribution in [0.15, 0.2) is 0 Å². The molecule has 2 N–H and O–H groups in total. The second-order valence-corrected chi connectivity index (χ2v) is 4.66. The van der Waals surface area contributed by atoms with E-state index in [1.54, 1.807) is 6.92 Å². The summed E-state index contributed by atoms with van der Waals surface area (Å²) in [4.78, 5) is 15.6. The van der Waals surface area contributed by atoms with Gasteiger partial charge < -0.3 is 0 Å². The monoisotopic (exact) mass is 252 g/mol. The fraction of sp³-hybridized carbons (Fsp3) is 0.769. The molecule has 0 radical (unpaired) electrons. The maximum Gasteiger partial charge on any atom is 0.248 e. The average molecular weight is 252 g/mol. The average Bonchev–Trinajstić information content (AvgIpc) is 2.73. The summed E-state index contributed by atoms with van der Waals surface area (Å²) in [6.45, 7) is 4.02. The molecule has 0 atom stereocenters. The van der Waals surface area contributed by atoms with Crippen LogP contribution in [0.3, 0.4) is 0 Å². The smallest absolute Gasteiger partial charge is 0.248 e. The molecule has 0 fully saturated rings. The first-order chi connectivity index (χ1) is 8.72. The van der Waals surface area contributed by atoms with Crippen molar-refractivity contribution < 1.29 is 4.79 Å². The van der Waals surface area contributed by atoms with Crippen LogP contribution in [0.25, 0.3) is 0 Å². The predicted molar refractivity (Wildman–Crippen MR) is 72.4 cm³/mol. The van der Waals surface area contributed by atoms with E-state index in [1.807, 2.05) is 0 Å². The van der Waals surface area contributed by atoms with Crippen LogP contribution in [0.1, 0.15) is 64.1 Å². The van der Waals surface area contributed by atoms with Crippen LogP contribution in [0.2, 0.25) is 0 Å². The van der Waals surface area contributed by atoms with Gasteiger partial charge in [-0.05, 0) is 13.3 Å². The molecule has 1 aromatic rings. The number of nitrogens with zero attached hydrogens (tertiary/aromatic N) is 2. The molecule has 0 spiro atoms. The van der Waals surface area contributed by atoms with Crippen molar-refractivity contribution in [2.75, 3.05) is 5.32 Å². The molecule has 0 aliphatic rings. The van der Waals surface area contributed by atoms with Crippen LogP contribution in [-0.4, -0.2) is 21.1 Å². The molecule has 102 valence electrons. The van der Waals surface area contributed by atoms with E-state index in [9.17, 15) is 4.79 Å². The van der Waals surface area contributed by atoms with Gasteiger partial charge in [0.05, 0.1) is 0 Å². The van der Waals surface area contributed by atoms with Gasteiger partial charge >= 0.3 is 0 Å². The van der Waals surface area contributed by atoms with Crippen molar-refractivity contribution in [1.29, 1.82) is 0 Å². The van der Waals surface area contributed by atoms with Crippen molar-refractivity contribution in [2.45, 2.75) is 65.2 Å². The number of aromatic nitrogens is 3. The number of rotatable bonds is 9. The normalized spacial score (nSPS) is 10.6. The number of carbonyl (C=O) groups excluding carboxylic acids is 1. The van der Waals surface area contributed by atoms with Crippen LogP contribution >= 0.6 is 0 Å². The Kier molecular flexibility index (Phi) is 7.06. The number of unbranched alkanes of at least 4 members (excludes halogenated alkanes) is 6. The second-order valence-electron chi connectivity index (χ2n) is 4.66. The number of hydrogen-bond acceptors (Lipinski definition) is 3. The van der Waals surface area contributed by atoms with Crippen molar-refractivity contribution in [3.8, 4) is 0 Å². The Bertz CT molecular complexity index is 349. The minimum atomic E-state index is 0.00237. The first kappa shape index (κ1) is 14.7. The number of amides is 1. The van der Waals surface area contributed by atoms with Crippen LogP contribution < -0.4 is 5.32 Å².